The molecule has 0 saturated carbocycles. The van der Waals surface area contributed by atoms with Crippen LogP contribution in [0.5, 0.6) is 0 Å². The number of rotatable bonds is 7. The Bertz CT molecular complexity index is 374. The van der Waals surface area contributed by atoms with Gasteiger partial charge in [-0.25, -0.2) is 4.79 Å². The van der Waals surface area contributed by atoms with Crippen LogP contribution in [0, 0.1) is 0 Å². The lowest BCUT2D eigenvalue weighted by molar-refractivity contribution is 0.0498. The zero-order valence-corrected chi connectivity index (χ0v) is 11.0. The summed E-state index contributed by atoms with van der Waals surface area (Å²) in [5.41, 5.74) is -0.693. The Morgan fingerprint density at radius 3 is 2.76 bits per heavy atom. The Morgan fingerprint density at radius 1 is 1.53 bits per heavy atom. The van der Waals surface area contributed by atoms with Gasteiger partial charge in [0, 0.05) is 18.0 Å². The number of carboxylic acids is 1. The van der Waals surface area contributed by atoms with Gasteiger partial charge in [-0.3, -0.25) is 0 Å². The smallest absolute Gasteiger partial charge is 0.345 e. The lowest BCUT2D eigenvalue weighted by atomic mass is 10.0. The van der Waals surface area contributed by atoms with E-state index in [9.17, 15) is 9.90 Å². The van der Waals surface area contributed by atoms with E-state index in [0.717, 1.165) is 17.7 Å². The van der Waals surface area contributed by atoms with E-state index in [1.807, 2.05) is 6.92 Å². The Hall–Kier alpha value is -0.910. The Balaban J connectivity index is 2.38. The molecule has 0 aliphatic carbocycles. The Kier molecular flexibility index (Phi) is 5.11. The number of nitrogens with one attached hydrogen (secondary N) is 1. The summed E-state index contributed by atoms with van der Waals surface area (Å²) in [6, 6.07) is 3.41. The number of aliphatic hydroxyl groups is 1. The number of carboxylic acid groups (broad SMARTS) is 1. The number of thiophene rings is 1. The van der Waals surface area contributed by atoms with Gasteiger partial charge in [-0.1, -0.05) is 13.3 Å². The maximum absolute atomic E-state index is 10.7. The summed E-state index contributed by atoms with van der Waals surface area (Å²) >= 11 is 1.26. The van der Waals surface area contributed by atoms with E-state index < -0.39 is 11.6 Å². The molecule has 1 unspecified atom stereocenters. The molecule has 0 amide bonds. The molecule has 0 fully saturated rings. The minimum absolute atomic E-state index is 0.349. The monoisotopic (exact) mass is 257 g/mol. The number of hydrogen-bond acceptors (Lipinski definition) is 4. The van der Waals surface area contributed by atoms with Gasteiger partial charge in [-0.2, -0.15) is 0 Å². The first-order valence-corrected chi connectivity index (χ1v) is 6.51. The quantitative estimate of drug-likeness (QED) is 0.699. The molecule has 4 nitrogen and oxygen atoms in total. The largest absolute Gasteiger partial charge is 0.477 e. The molecule has 1 aromatic rings. The van der Waals surface area contributed by atoms with Crippen molar-refractivity contribution in [3.8, 4) is 0 Å². The van der Waals surface area contributed by atoms with Crippen LogP contribution in [0.2, 0.25) is 0 Å². The highest BCUT2D eigenvalue weighted by molar-refractivity contribution is 7.13. The van der Waals surface area contributed by atoms with Crippen molar-refractivity contribution < 1.29 is 15.0 Å². The predicted octanol–water partition coefficient (Wildman–Crippen LogP) is 2.09. The van der Waals surface area contributed by atoms with Gasteiger partial charge < -0.3 is 15.5 Å². The average molecular weight is 257 g/mol. The van der Waals surface area contributed by atoms with Crippen molar-refractivity contribution in [1.82, 2.24) is 5.32 Å². The van der Waals surface area contributed by atoms with Crippen LogP contribution in [0.3, 0.4) is 0 Å². The maximum Gasteiger partial charge on any atom is 0.345 e. The van der Waals surface area contributed by atoms with E-state index in [4.69, 9.17) is 5.11 Å². The fourth-order valence-electron chi connectivity index (χ4n) is 1.67. The van der Waals surface area contributed by atoms with E-state index >= 15 is 0 Å². The van der Waals surface area contributed by atoms with Gasteiger partial charge in [0.1, 0.15) is 4.88 Å². The van der Waals surface area contributed by atoms with Crippen LogP contribution >= 0.6 is 11.3 Å². The zero-order valence-electron chi connectivity index (χ0n) is 10.2. The minimum Gasteiger partial charge on any atom is -0.477 e. The minimum atomic E-state index is -0.890. The van der Waals surface area contributed by atoms with Gasteiger partial charge >= 0.3 is 5.97 Å². The summed E-state index contributed by atoms with van der Waals surface area (Å²) < 4.78 is 0. The van der Waals surface area contributed by atoms with Crippen molar-refractivity contribution in [1.29, 1.82) is 0 Å². The third-order valence-corrected chi connectivity index (χ3v) is 3.54. The van der Waals surface area contributed by atoms with Crippen LogP contribution < -0.4 is 5.32 Å². The first-order chi connectivity index (χ1) is 7.94. The van der Waals surface area contributed by atoms with Gasteiger partial charge in [0.2, 0.25) is 0 Å². The van der Waals surface area contributed by atoms with Crippen molar-refractivity contribution in [3.63, 3.8) is 0 Å². The van der Waals surface area contributed by atoms with Crippen LogP contribution in [-0.2, 0) is 6.54 Å². The number of hydrogen-bond donors (Lipinski definition) is 3. The standard InChI is InChI=1S/C12H19NO3S/c1-3-6-12(2,16)8-13-7-9-4-5-10(17-9)11(14)15/h4-5,13,16H,3,6-8H2,1-2H3,(H,14,15). The van der Waals surface area contributed by atoms with Gasteiger partial charge in [-0.05, 0) is 25.5 Å². The lowest BCUT2D eigenvalue weighted by Gasteiger charge is -2.22. The molecule has 0 saturated heterocycles. The topological polar surface area (TPSA) is 69.6 Å². The van der Waals surface area contributed by atoms with Crippen molar-refractivity contribution in [2.45, 2.75) is 38.8 Å². The summed E-state index contributed by atoms with van der Waals surface area (Å²) in [7, 11) is 0. The summed E-state index contributed by atoms with van der Waals surface area (Å²) in [6.07, 6.45) is 1.70. The van der Waals surface area contributed by atoms with Crippen molar-refractivity contribution in [2.75, 3.05) is 6.54 Å². The molecule has 96 valence electrons. The highest BCUT2D eigenvalue weighted by Gasteiger charge is 2.18. The second-order valence-corrected chi connectivity index (χ2v) is 5.59. The van der Waals surface area contributed by atoms with Crippen molar-refractivity contribution in [2.24, 2.45) is 0 Å². The van der Waals surface area contributed by atoms with Crippen molar-refractivity contribution >= 4 is 17.3 Å². The molecule has 1 rings (SSSR count). The van der Waals surface area contributed by atoms with Crippen LogP contribution in [-0.4, -0.2) is 28.3 Å². The summed E-state index contributed by atoms with van der Waals surface area (Å²) in [6.45, 7) is 4.95. The second-order valence-electron chi connectivity index (χ2n) is 4.42. The SMILES string of the molecule is CCCC(C)(O)CNCc1ccc(C(=O)O)s1. The molecule has 1 heterocycles. The third-order valence-electron chi connectivity index (χ3n) is 2.47. The maximum atomic E-state index is 10.7. The molecule has 0 spiro atoms. The molecule has 0 radical (unpaired) electrons. The predicted molar refractivity (Wildman–Crippen MR) is 68.5 cm³/mol. The molecule has 0 aliphatic rings. The summed E-state index contributed by atoms with van der Waals surface area (Å²) in [4.78, 5) is 12.0. The summed E-state index contributed by atoms with van der Waals surface area (Å²) in [5.74, 6) is -0.890. The third kappa shape index (κ3) is 4.85. The highest BCUT2D eigenvalue weighted by Crippen LogP contribution is 2.16. The fraction of sp³-hybridized carbons (Fsp3) is 0.583. The Morgan fingerprint density at radius 2 is 2.24 bits per heavy atom. The molecule has 0 aliphatic heterocycles. The molecule has 3 N–H and O–H groups in total. The van der Waals surface area contributed by atoms with E-state index in [1.165, 1.54) is 11.3 Å². The fourth-order valence-corrected chi connectivity index (χ4v) is 2.49. The van der Waals surface area contributed by atoms with Gasteiger partial charge in [0.15, 0.2) is 0 Å². The number of aromatic carboxylic acids is 1. The van der Waals surface area contributed by atoms with Crippen LogP contribution in [0.25, 0.3) is 0 Å². The van der Waals surface area contributed by atoms with Crippen molar-refractivity contribution in [3.05, 3.63) is 21.9 Å². The lowest BCUT2D eigenvalue weighted by Crippen LogP contribution is -2.37. The van der Waals surface area contributed by atoms with E-state index in [2.05, 4.69) is 5.32 Å². The van der Waals surface area contributed by atoms with Gasteiger partial charge in [0.25, 0.3) is 0 Å². The first-order valence-electron chi connectivity index (χ1n) is 5.70. The molecular formula is C12H19NO3S. The van der Waals surface area contributed by atoms with Gasteiger partial charge in [-0.15, -0.1) is 11.3 Å². The number of carbonyl (C=O) groups is 1. The summed E-state index contributed by atoms with van der Waals surface area (Å²) in [5, 5.41) is 21.9. The normalized spacial score (nSPS) is 14.5. The van der Waals surface area contributed by atoms with Crippen LogP contribution in [0.4, 0.5) is 0 Å². The molecule has 17 heavy (non-hydrogen) atoms. The highest BCUT2D eigenvalue weighted by atomic mass is 32.1. The zero-order chi connectivity index (χ0) is 12.9. The van der Waals surface area contributed by atoms with Gasteiger partial charge in [0.05, 0.1) is 5.60 Å². The molecule has 1 atom stereocenters. The molecule has 0 aromatic carbocycles. The van der Waals surface area contributed by atoms with Crippen LogP contribution in [0.1, 0.15) is 41.2 Å². The first kappa shape index (κ1) is 14.2. The van der Waals surface area contributed by atoms with Crippen LogP contribution in [0.15, 0.2) is 12.1 Å². The second kappa shape index (κ2) is 6.14. The Labute approximate surface area is 105 Å². The molecule has 0 bridgehead atoms. The van der Waals surface area contributed by atoms with E-state index in [0.29, 0.717) is 18.0 Å². The molecular weight excluding hydrogens is 238 g/mol. The molecule has 5 heteroatoms. The van der Waals surface area contributed by atoms with E-state index in [1.54, 1.807) is 19.1 Å². The van der Waals surface area contributed by atoms with E-state index in [-0.39, 0.29) is 0 Å². The molecule has 1 aromatic heterocycles. The average Bonchev–Trinajstić information content (AvgIpc) is 2.66.